The summed E-state index contributed by atoms with van der Waals surface area (Å²) in [6.45, 7) is 6.48. The topological polar surface area (TPSA) is 34.0 Å². The Morgan fingerprint density at radius 2 is 2.00 bits per heavy atom. The van der Waals surface area contributed by atoms with Crippen molar-refractivity contribution in [2.45, 2.75) is 33.0 Å². The minimum Gasteiger partial charge on any atom is -0.313 e. The number of hydrogen-bond acceptors (Lipinski definition) is 3. The van der Waals surface area contributed by atoms with Gasteiger partial charge in [0.25, 0.3) is 0 Å². The Balaban J connectivity index is 1.83. The van der Waals surface area contributed by atoms with Crippen LogP contribution >= 0.6 is 0 Å². The molecule has 100 valence electrons. The van der Waals surface area contributed by atoms with Crippen molar-refractivity contribution in [1.29, 1.82) is 0 Å². The van der Waals surface area contributed by atoms with Crippen molar-refractivity contribution in [3.63, 3.8) is 0 Å². The Bertz CT molecular complexity index is 593. The molecule has 19 heavy (non-hydrogen) atoms. The van der Waals surface area contributed by atoms with Crippen molar-refractivity contribution < 1.29 is 4.39 Å². The number of aromatic nitrogens is 3. The third-order valence-corrected chi connectivity index (χ3v) is 3.87. The third-order valence-electron chi connectivity index (χ3n) is 3.87. The van der Waals surface area contributed by atoms with Crippen LogP contribution in [0, 0.1) is 12.7 Å². The fraction of sp³-hybridized carbons (Fsp3) is 0.429. The summed E-state index contributed by atoms with van der Waals surface area (Å²) in [6.07, 6.45) is 0. The van der Waals surface area contributed by atoms with Gasteiger partial charge in [0.2, 0.25) is 0 Å². The second kappa shape index (κ2) is 4.74. The van der Waals surface area contributed by atoms with E-state index in [9.17, 15) is 4.39 Å². The summed E-state index contributed by atoms with van der Waals surface area (Å²) in [5.74, 6) is 1.78. The zero-order valence-electron chi connectivity index (χ0n) is 11.2. The van der Waals surface area contributed by atoms with Gasteiger partial charge in [-0.1, -0.05) is 18.2 Å². The summed E-state index contributed by atoms with van der Waals surface area (Å²) in [7, 11) is 0. The zero-order chi connectivity index (χ0) is 13.4. The largest absolute Gasteiger partial charge is 0.313 e. The first-order valence-electron chi connectivity index (χ1n) is 6.54. The highest BCUT2D eigenvalue weighted by Crippen LogP contribution is 2.26. The number of aryl methyl sites for hydroxylation is 1. The molecule has 0 spiro atoms. The molecule has 0 aliphatic carbocycles. The molecule has 2 heterocycles. The molecule has 3 rings (SSSR count). The lowest BCUT2D eigenvalue weighted by atomic mass is 10.1. The fourth-order valence-corrected chi connectivity index (χ4v) is 2.66. The quantitative estimate of drug-likeness (QED) is 0.831. The number of halogens is 1. The number of fused-ring (bicyclic) bond motifs is 1. The standard InChI is InChI=1S/C14H17FN4/c1-10(12-5-3-4-6-13(12)15)18-7-8-19-11(2)16-17-14(19)9-18/h3-6,10H,7-9H2,1-2H3. The number of rotatable bonds is 2. The third kappa shape index (κ3) is 2.14. The highest BCUT2D eigenvalue weighted by atomic mass is 19.1. The molecule has 1 aliphatic heterocycles. The van der Waals surface area contributed by atoms with Gasteiger partial charge >= 0.3 is 0 Å². The molecule has 1 unspecified atom stereocenters. The van der Waals surface area contributed by atoms with Crippen molar-refractivity contribution in [2.24, 2.45) is 0 Å². The first-order chi connectivity index (χ1) is 9.16. The Hall–Kier alpha value is -1.75. The minimum absolute atomic E-state index is 0.0481. The van der Waals surface area contributed by atoms with E-state index in [1.807, 2.05) is 26.0 Å². The molecule has 2 aromatic rings. The van der Waals surface area contributed by atoms with E-state index in [-0.39, 0.29) is 11.9 Å². The van der Waals surface area contributed by atoms with Gasteiger partial charge in [0.05, 0.1) is 6.54 Å². The van der Waals surface area contributed by atoms with Crippen LogP contribution in [0.3, 0.4) is 0 Å². The first kappa shape index (κ1) is 12.3. The summed E-state index contributed by atoms with van der Waals surface area (Å²) in [5.41, 5.74) is 0.743. The van der Waals surface area contributed by atoms with Crippen LogP contribution in [0.2, 0.25) is 0 Å². The van der Waals surface area contributed by atoms with E-state index in [1.54, 1.807) is 6.07 Å². The van der Waals surface area contributed by atoms with E-state index in [2.05, 4.69) is 19.7 Å². The van der Waals surface area contributed by atoms with Crippen LogP contribution in [-0.2, 0) is 13.1 Å². The lowest BCUT2D eigenvalue weighted by molar-refractivity contribution is 0.160. The summed E-state index contributed by atoms with van der Waals surface area (Å²) in [5, 5.41) is 8.28. The van der Waals surface area contributed by atoms with Gasteiger partial charge in [-0.05, 0) is 19.9 Å². The molecule has 5 heteroatoms. The smallest absolute Gasteiger partial charge is 0.147 e. The zero-order valence-corrected chi connectivity index (χ0v) is 11.2. The number of benzene rings is 1. The van der Waals surface area contributed by atoms with Gasteiger partial charge in [-0.15, -0.1) is 10.2 Å². The minimum atomic E-state index is -0.141. The van der Waals surface area contributed by atoms with Crippen LogP contribution in [0.5, 0.6) is 0 Å². The number of nitrogens with zero attached hydrogens (tertiary/aromatic N) is 4. The average Bonchev–Trinajstić information content (AvgIpc) is 2.80. The molecule has 0 saturated heterocycles. The van der Waals surface area contributed by atoms with E-state index >= 15 is 0 Å². The molecule has 0 bridgehead atoms. The van der Waals surface area contributed by atoms with Crippen molar-refractivity contribution >= 4 is 0 Å². The normalized spacial score (nSPS) is 17.2. The van der Waals surface area contributed by atoms with Crippen LogP contribution in [0.15, 0.2) is 24.3 Å². The molecule has 0 saturated carbocycles. The average molecular weight is 260 g/mol. The molecular weight excluding hydrogens is 243 g/mol. The molecule has 0 N–H and O–H groups in total. The van der Waals surface area contributed by atoms with Crippen molar-refractivity contribution in [3.8, 4) is 0 Å². The maximum absolute atomic E-state index is 13.8. The van der Waals surface area contributed by atoms with E-state index < -0.39 is 0 Å². The maximum atomic E-state index is 13.8. The van der Waals surface area contributed by atoms with Crippen molar-refractivity contribution in [1.82, 2.24) is 19.7 Å². The maximum Gasteiger partial charge on any atom is 0.147 e. The lowest BCUT2D eigenvalue weighted by Crippen LogP contribution is -2.36. The molecule has 1 atom stereocenters. The molecule has 4 nitrogen and oxygen atoms in total. The van der Waals surface area contributed by atoms with Gasteiger partial charge in [0, 0.05) is 24.7 Å². The van der Waals surface area contributed by atoms with Crippen LogP contribution in [-0.4, -0.2) is 26.2 Å². The summed E-state index contributed by atoms with van der Waals surface area (Å²) < 4.78 is 16.0. The van der Waals surface area contributed by atoms with Gasteiger partial charge in [0.1, 0.15) is 17.5 Å². The second-order valence-electron chi connectivity index (χ2n) is 4.98. The molecule has 0 fully saturated rings. The predicted octanol–water partition coefficient (Wildman–Crippen LogP) is 2.30. The molecule has 1 aromatic heterocycles. The molecule has 0 radical (unpaired) electrons. The van der Waals surface area contributed by atoms with Crippen LogP contribution in [0.1, 0.15) is 30.2 Å². The lowest BCUT2D eigenvalue weighted by Gasteiger charge is -2.33. The van der Waals surface area contributed by atoms with Gasteiger partial charge in [0.15, 0.2) is 0 Å². The van der Waals surface area contributed by atoms with Gasteiger partial charge < -0.3 is 4.57 Å². The van der Waals surface area contributed by atoms with Gasteiger partial charge in [-0.2, -0.15) is 0 Å². The predicted molar refractivity (Wildman–Crippen MR) is 70.0 cm³/mol. The fourth-order valence-electron chi connectivity index (χ4n) is 2.66. The molecule has 0 amide bonds. The van der Waals surface area contributed by atoms with E-state index in [0.717, 1.165) is 36.8 Å². The molecule has 1 aromatic carbocycles. The Labute approximate surface area is 111 Å². The first-order valence-corrected chi connectivity index (χ1v) is 6.54. The molecule has 1 aliphatic rings. The van der Waals surface area contributed by atoms with Crippen LogP contribution in [0.25, 0.3) is 0 Å². The van der Waals surface area contributed by atoms with Gasteiger partial charge in [-0.3, -0.25) is 4.90 Å². The summed E-state index contributed by atoms with van der Waals surface area (Å²) in [6, 6.07) is 7.02. The van der Waals surface area contributed by atoms with E-state index in [0.29, 0.717) is 0 Å². The highest BCUT2D eigenvalue weighted by molar-refractivity contribution is 5.21. The van der Waals surface area contributed by atoms with Crippen molar-refractivity contribution in [3.05, 3.63) is 47.3 Å². The highest BCUT2D eigenvalue weighted by Gasteiger charge is 2.25. The van der Waals surface area contributed by atoms with Gasteiger partial charge in [-0.25, -0.2) is 4.39 Å². The van der Waals surface area contributed by atoms with Crippen LogP contribution < -0.4 is 0 Å². The second-order valence-corrected chi connectivity index (χ2v) is 4.98. The Morgan fingerprint density at radius 3 is 2.79 bits per heavy atom. The Kier molecular flexibility index (Phi) is 3.06. The molecular formula is C14H17FN4. The summed E-state index contributed by atoms with van der Waals surface area (Å²) in [4.78, 5) is 2.24. The monoisotopic (exact) mass is 260 g/mol. The van der Waals surface area contributed by atoms with E-state index in [4.69, 9.17) is 0 Å². The Morgan fingerprint density at radius 1 is 1.21 bits per heavy atom. The van der Waals surface area contributed by atoms with Crippen LogP contribution in [0.4, 0.5) is 4.39 Å². The number of hydrogen-bond donors (Lipinski definition) is 0. The SMILES string of the molecule is Cc1nnc2n1CCN(C(C)c1ccccc1F)C2. The van der Waals surface area contributed by atoms with E-state index in [1.165, 1.54) is 6.07 Å². The van der Waals surface area contributed by atoms with Crippen molar-refractivity contribution in [2.75, 3.05) is 6.54 Å². The summed E-state index contributed by atoms with van der Waals surface area (Å²) >= 11 is 0.